The highest BCUT2D eigenvalue weighted by atomic mass is 19.4. The Bertz CT molecular complexity index is 931. The lowest BCUT2D eigenvalue weighted by molar-refractivity contribution is -0.137. The van der Waals surface area contributed by atoms with E-state index in [0.29, 0.717) is 11.3 Å². The van der Waals surface area contributed by atoms with E-state index < -0.39 is 17.6 Å². The van der Waals surface area contributed by atoms with Crippen LogP contribution in [0, 0.1) is 6.92 Å². The fourth-order valence-corrected chi connectivity index (χ4v) is 2.56. The standard InChI is InChI=1S/C21H19F3N2O2/c1-13-5-7-15(20(28)25-17-8-9-17)12-18(13)26-19(27)10-6-14-3-2-4-16(11-14)21(22,23)24/h2-7,10-12,17H,8-9H2,1H3,(H,25,28)(H,26,27)/b10-6+. The van der Waals surface area contributed by atoms with Gasteiger partial charge < -0.3 is 10.6 Å². The van der Waals surface area contributed by atoms with Crippen molar-refractivity contribution < 1.29 is 22.8 Å². The van der Waals surface area contributed by atoms with Crippen LogP contribution in [0.15, 0.2) is 48.5 Å². The number of halogens is 3. The summed E-state index contributed by atoms with van der Waals surface area (Å²) in [6.45, 7) is 1.79. The smallest absolute Gasteiger partial charge is 0.349 e. The molecule has 0 atom stereocenters. The van der Waals surface area contributed by atoms with Crippen LogP contribution in [0.2, 0.25) is 0 Å². The predicted octanol–water partition coefficient (Wildman–Crippen LogP) is 4.56. The van der Waals surface area contributed by atoms with Gasteiger partial charge in [0.1, 0.15) is 0 Å². The monoisotopic (exact) mass is 388 g/mol. The van der Waals surface area contributed by atoms with Crippen molar-refractivity contribution in [2.75, 3.05) is 5.32 Å². The first-order valence-corrected chi connectivity index (χ1v) is 8.80. The molecule has 0 heterocycles. The number of hydrogen-bond donors (Lipinski definition) is 2. The third kappa shape index (κ3) is 5.22. The maximum Gasteiger partial charge on any atom is 0.416 e. The lowest BCUT2D eigenvalue weighted by Gasteiger charge is -2.10. The van der Waals surface area contributed by atoms with Gasteiger partial charge in [-0.25, -0.2) is 0 Å². The molecule has 28 heavy (non-hydrogen) atoms. The molecule has 1 fully saturated rings. The zero-order chi connectivity index (χ0) is 20.3. The average molecular weight is 388 g/mol. The molecule has 0 radical (unpaired) electrons. The minimum absolute atomic E-state index is 0.197. The Morgan fingerprint density at radius 2 is 1.86 bits per heavy atom. The number of rotatable bonds is 5. The number of amides is 2. The van der Waals surface area contributed by atoms with E-state index in [2.05, 4.69) is 10.6 Å². The third-order valence-corrected chi connectivity index (χ3v) is 4.31. The highest BCUT2D eigenvalue weighted by Gasteiger charge is 2.30. The Morgan fingerprint density at radius 3 is 2.54 bits per heavy atom. The minimum atomic E-state index is -4.44. The predicted molar refractivity (Wildman–Crippen MR) is 101 cm³/mol. The zero-order valence-corrected chi connectivity index (χ0v) is 15.1. The SMILES string of the molecule is Cc1ccc(C(=O)NC2CC2)cc1NC(=O)/C=C/c1cccc(C(F)(F)F)c1. The van der Waals surface area contributed by atoms with Gasteiger partial charge in [0.05, 0.1) is 5.56 Å². The number of benzene rings is 2. The fourth-order valence-electron chi connectivity index (χ4n) is 2.56. The van der Waals surface area contributed by atoms with Crippen molar-refractivity contribution in [2.24, 2.45) is 0 Å². The number of carbonyl (C=O) groups is 2. The minimum Gasteiger partial charge on any atom is -0.349 e. The third-order valence-electron chi connectivity index (χ3n) is 4.31. The van der Waals surface area contributed by atoms with Crippen molar-refractivity contribution in [2.45, 2.75) is 32.0 Å². The molecule has 2 N–H and O–H groups in total. The van der Waals surface area contributed by atoms with Gasteiger partial charge in [0.2, 0.25) is 5.91 Å². The summed E-state index contributed by atoms with van der Waals surface area (Å²) in [5, 5.41) is 5.54. The van der Waals surface area contributed by atoms with Crippen molar-refractivity contribution in [1.82, 2.24) is 5.32 Å². The Morgan fingerprint density at radius 1 is 1.11 bits per heavy atom. The van der Waals surface area contributed by atoms with E-state index in [1.807, 2.05) is 0 Å². The molecule has 7 heteroatoms. The summed E-state index contributed by atoms with van der Waals surface area (Å²) in [6.07, 6.45) is -0.0246. The summed E-state index contributed by atoms with van der Waals surface area (Å²) in [6, 6.07) is 9.93. The van der Waals surface area contributed by atoms with Crippen LogP contribution < -0.4 is 10.6 Å². The molecule has 0 spiro atoms. The fraction of sp³-hybridized carbons (Fsp3) is 0.238. The van der Waals surface area contributed by atoms with Crippen molar-refractivity contribution in [1.29, 1.82) is 0 Å². The van der Waals surface area contributed by atoms with Crippen LogP contribution in [0.4, 0.5) is 18.9 Å². The van der Waals surface area contributed by atoms with Crippen LogP contribution in [0.5, 0.6) is 0 Å². The molecule has 0 unspecified atom stereocenters. The zero-order valence-electron chi connectivity index (χ0n) is 15.1. The quantitative estimate of drug-likeness (QED) is 0.738. The van der Waals surface area contributed by atoms with Gasteiger partial charge in [-0.3, -0.25) is 9.59 Å². The Kier molecular flexibility index (Phi) is 5.53. The summed E-state index contributed by atoms with van der Waals surface area (Å²) >= 11 is 0. The van der Waals surface area contributed by atoms with E-state index in [0.717, 1.165) is 36.6 Å². The van der Waals surface area contributed by atoms with Crippen LogP contribution in [-0.4, -0.2) is 17.9 Å². The van der Waals surface area contributed by atoms with Crippen LogP contribution >= 0.6 is 0 Å². The van der Waals surface area contributed by atoms with Gasteiger partial charge >= 0.3 is 6.18 Å². The van der Waals surface area contributed by atoms with Gasteiger partial charge in [-0.1, -0.05) is 18.2 Å². The second-order valence-electron chi connectivity index (χ2n) is 6.72. The van der Waals surface area contributed by atoms with Crippen molar-refractivity contribution in [3.05, 3.63) is 70.8 Å². The van der Waals surface area contributed by atoms with Gasteiger partial charge in [-0.2, -0.15) is 13.2 Å². The van der Waals surface area contributed by atoms with Crippen molar-refractivity contribution in [3.63, 3.8) is 0 Å². The lowest BCUT2D eigenvalue weighted by Crippen LogP contribution is -2.25. The second kappa shape index (κ2) is 7.88. The summed E-state index contributed by atoms with van der Waals surface area (Å²) in [5.74, 6) is -0.697. The van der Waals surface area contributed by atoms with Gasteiger partial charge in [0, 0.05) is 23.4 Å². The Labute approximate surface area is 160 Å². The number of hydrogen-bond acceptors (Lipinski definition) is 2. The average Bonchev–Trinajstić information content (AvgIpc) is 3.45. The maximum absolute atomic E-state index is 12.7. The van der Waals surface area contributed by atoms with Crippen LogP contribution in [0.25, 0.3) is 6.08 Å². The number of alkyl halides is 3. The summed E-state index contributed by atoms with van der Waals surface area (Å²) in [4.78, 5) is 24.3. The van der Waals surface area contributed by atoms with E-state index in [-0.39, 0.29) is 17.5 Å². The first kappa shape index (κ1) is 19.7. The molecule has 0 bridgehead atoms. The molecule has 0 aliphatic heterocycles. The first-order valence-electron chi connectivity index (χ1n) is 8.80. The van der Waals surface area contributed by atoms with E-state index in [1.165, 1.54) is 18.2 Å². The molecule has 2 aromatic carbocycles. The van der Waals surface area contributed by atoms with Crippen molar-refractivity contribution >= 4 is 23.6 Å². The van der Waals surface area contributed by atoms with E-state index >= 15 is 0 Å². The Hall–Kier alpha value is -3.09. The molecule has 1 aliphatic carbocycles. The largest absolute Gasteiger partial charge is 0.416 e. The van der Waals surface area contributed by atoms with E-state index in [9.17, 15) is 22.8 Å². The normalized spacial score (nSPS) is 14.1. The molecule has 2 amide bonds. The topological polar surface area (TPSA) is 58.2 Å². The lowest BCUT2D eigenvalue weighted by atomic mass is 10.1. The molecule has 146 valence electrons. The number of carbonyl (C=O) groups excluding carboxylic acids is 2. The van der Waals surface area contributed by atoms with Crippen molar-refractivity contribution in [3.8, 4) is 0 Å². The summed E-state index contributed by atoms with van der Waals surface area (Å²) in [7, 11) is 0. The molecule has 1 saturated carbocycles. The maximum atomic E-state index is 12.7. The molecule has 1 aliphatic rings. The van der Waals surface area contributed by atoms with E-state index in [4.69, 9.17) is 0 Å². The van der Waals surface area contributed by atoms with Crippen LogP contribution in [0.1, 0.15) is 39.9 Å². The number of nitrogens with one attached hydrogen (secondary N) is 2. The second-order valence-corrected chi connectivity index (χ2v) is 6.72. The highest BCUT2D eigenvalue weighted by Crippen LogP contribution is 2.29. The summed E-state index contributed by atoms with van der Waals surface area (Å²) < 4.78 is 38.2. The highest BCUT2D eigenvalue weighted by molar-refractivity contribution is 6.03. The van der Waals surface area contributed by atoms with Gasteiger partial charge in [0.15, 0.2) is 0 Å². The number of aryl methyl sites for hydroxylation is 1. The van der Waals surface area contributed by atoms with E-state index in [1.54, 1.807) is 25.1 Å². The number of anilines is 1. The molecular formula is C21H19F3N2O2. The van der Waals surface area contributed by atoms with Gasteiger partial charge in [-0.15, -0.1) is 0 Å². The Balaban J connectivity index is 1.69. The molecule has 0 aromatic heterocycles. The molecule has 4 nitrogen and oxygen atoms in total. The van der Waals surface area contributed by atoms with Gasteiger partial charge in [-0.05, 0) is 61.2 Å². The summed E-state index contributed by atoms with van der Waals surface area (Å²) in [5.41, 5.74) is 1.17. The molecule has 3 rings (SSSR count). The first-order chi connectivity index (χ1) is 13.2. The van der Waals surface area contributed by atoms with Crippen LogP contribution in [0.3, 0.4) is 0 Å². The molecule has 2 aromatic rings. The van der Waals surface area contributed by atoms with Crippen LogP contribution in [-0.2, 0) is 11.0 Å². The van der Waals surface area contributed by atoms with Gasteiger partial charge in [0.25, 0.3) is 5.91 Å². The molecule has 0 saturated heterocycles. The molecular weight excluding hydrogens is 369 g/mol.